The van der Waals surface area contributed by atoms with Crippen molar-refractivity contribution in [3.05, 3.63) is 62.6 Å². The van der Waals surface area contributed by atoms with Crippen molar-refractivity contribution in [2.75, 3.05) is 23.3 Å². The Morgan fingerprint density at radius 3 is 2.61 bits per heavy atom. The summed E-state index contributed by atoms with van der Waals surface area (Å²) in [6, 6.07) is 8.96. The number of benzene rings is 2. The minimum atomic E-state index is -0.642. The summed E-state index contributed by atoms with van der Waals surface area (Å²) >= 11 is 0. The van der Waals surface area contributed by atoms with E-state index in [4.69, 9.17) is 10.2 Å². The second kappa shape index (κ2) is 9.15. The molecule has 3 N–H and O–H groups in total. The van der Waals surface area contributed by atoms with Crippen LogP contribution in [-0.2, 0) is 11.3 Å². The predicted molar refractivity (Wildman–Crippen MR) is 121 cm³/mol. The molecule has 1 aliphatic rings. The first kappa shape index (κ1) is 22.1. The fourth-order valence-electron chi connectivity index (χ4n) is 4.01. The van der Waals surface area contributed by atoms with Gasteiger partial charge in [0.1, 0.15) is 0 Å². The quantitative estimate of drug-likeness (QED) is 0.392. The van der Waals surface area contributed by atoms with Gasteiger partial charge in [0.2, 0.25) is 11.8 Å². The molecule has 11 heteroatoms. The van der Waals surface area contributed by atoms with E-state index in [1.54, 1.807) is 18.2 Å². The lowest BCUT2D eigenvalue weighted by Crippen LogP contribution is -2.22. The number of aryl methyl sites for hydroxylation is 1. The van der Waals surface area contributed by atoms with Crippen molar-refractivity contribution in [2.24, 2.45) is 5.73 Å². The van der Waals surface area contributed by atoms with Crippen molar-refractivity contribution in [1.29, 1.82) is 0 Å². The second-order valence-corrected chi connectivity index (χ2v) is 7.87. The Morgan fingerprint density at radius 2 is 1.91 bits per heavy atom. The highest BCUT2D eigenvalue weighted by Gasteiger charge is 2.19. The van der Waals surface area contributed by atoms with E-state index in [0.29, 0.717) is 23.2 Å². The molecule has 11 nitrogen and oxygen atoms in total. The summed E-state index contributed by atoms with van der Waals surface area (Å²) in [5.74, 6) is -1.49. The van der Waals surface area contributed by atoms with Crippen LogP contribution in [0, 0.1) is 10.1 Å². The lowest BCUT2D eigenvalue weighted by molar-refractivity contribution is -0.384. The molecule has 0 radical (unpaired) electrons. The molecule has 2 heterocycles. The number of nitrogens with two attached hydrogens (primary N) is 1. The summed E-state index contributed by atoms with van der Waals surface area (Å²) in [5.41, 5.74) is 7.44. The molecule has 0 spiro atoms. The van der Waals surface area contributed by atoms with Crippen LogP contribution in [0.5, 0.6) is 0 Å². The summed E-state index contributed by atoms with van der Waals surface area (Å²) in [4.78, 5) is 48.9. The molecule has 33 heavy (non-hydrogen) atoms. The van der Waals surface area contributed by atoms with E-state index in [1.165, 1.54) is 22.8 Å². The molecule has 0 atom stereocenters. The van der Waals surface area contributed by atoms with E-state index in [-0.39, 0.29) is 30.1 Å². The maximum atomic E-state index is 12.6. The number of nitrogens with zero attached hydrogens (tertiary/aromatic N) is 3. The maximum Gasteiger partial charge on any atom is 0.419 e. The molecule has 1 saturated heterocycles. The SMILES string of the molecule is NC(=O)c1ccc(N2CCCC2)c(NC(=O)CCCn2c(=O)oc3cc([N+](=O)[O-])ccc32)c1. The zero-order valence-electron chi connectivity index (χ0n) is 17.8. The Kier molecular flexibility index (Phi) is 6.11. The Bertz CT molecular complexity index is 1290. The van der Waals surface area contributed by atoms with Gasteiger partial charge in [-0.2, -0.15) is 0 Å². The molecule has 172 valence electrons. The molecule has 0 unspecified atom stereocenters. The van der Waals surface area contributed by atoms with E-state index in [9.17, 15) is 24.5 Å². The average molecular weight is 453 g/mol. The first-order valence-electron chi connectivity index (χ1n) is 10.6. The van der Waals surface area contributed by atoms with Gasteiger partial charge in [0.15, 0.2) is 5.58 Å². The van der Waals surface area contributed by atoms with Crippen molar-refractivity contribution < 1.29 is 18.9 Å². The van der Waals surface area contributed by atoms with E-state index in [2.05, 4.69) is 10.2 Å². The molecule has 1 aromatic heterocycles. The number of hydrogen-bond donors (Lipinski definition) is 2. The van der Waals surface area contributed by atoms with E-state index in [1.807, 2.05) is 0 Å². The van der Waals surface area contributed by atoms with Crippen LogP contribution in [-0.4, -0.2) is 34.4 Å². The summed E-state index contributed by atoms with van der Waals surface area (Å²) < 4.78 is 6.45. The Morgan fingerprint density at radius 1 is 1.15 bits per heavy atom. The van der Waals surface area contributed by atoms with Crippen LogP contribution >= 0.6 is 0 Å². The van der Waals surface area contributed by atoms with Gasteiger partial charge in [0, 0.05) is 37.7 Å². The van der Waals surface area contributed by atoms with Crippen LogP contribution in [0.4, 0.5) is 17.1 Å². The fraction of sp³-hybridized carbons (Fsp3) is 0.318. The molecule has 0 aliphatic carbocycles. The molecule has 0 saturated carbocycles. The number of oxazole rings is 1. The van der Waals surface area contributed by atoms with Crippen molar-refractivity contribution in [2.45, 2.75) is 32.2 Å². The summed E-state index contributed by atoms with van der Waals surface area (Å²) in [6.45, 7) is 1.94. The third-order valence-electron chi connectivity index (χ3n) is 5.65. The minimum Gasteiger partial charge on any atom is -0.407 e. The van der Waals surface area contributed by atoms with Crippen molar-refractivity contribution in [3.63, 3.8) is 0 Å². The summed E-state index contributed by atoms with van der Waals surface area (Å²) in [7, 11) is 0. The van der Waals surface area contributed by atoms with Gasteiger partial charge < -0.3 is 20.4 Å². The van der Waals surface area contributed by atoms with Crippen LogP contribution in [0.25, 0.3) is 11.1 Å². The van der Waals surface area contributed by atoms with Gasteiger partial charge in [0.25, 0.3) is 5.69 Å². The Hall–Kier alpha value is -4.15. The van der Waals surface area contributed by atoms with Crippen molar-refractivity contribution >= 4 is 40.0 Å². The smallest absolute Gasteiger partial charge is 0.407 e. The number of non-ortho nitro benzene ring substituents is 1. The van der Waals surface area contributed by atoms with Gasteiger partial charge in [0.05, 0.1) is 27.9 Å². The summed E-state index contributed by atoms with van der Waals surface area (Å²) in [5, 5.41) is 13.8. The Balaban J connectivity index is 1.44. The lowest BCUT2D eigenvalue weighted by Gasteiger charge is -2.22. The topological polar surface area (TPSA) is 154 Å². The van der Waals surface area contributed by atoms with Gasteiger partial charge in [-0.1, -0.05) is 0 Å². The third-order valence-corrected chi connectivity index (χ3v) is 5.65. The molecule has 1 aliphatic heterocycles. The third kappa shape index (κ3) is 4.71. The van der Waals surface area contributed by atoms with E-state index in [0.717, 1.165) is 31.6 Å². The normalized spacial score (nSPS) is 13.4. The van der Waals surface area contributed by atoms with Gasteiger partial charge in [-0.05, 0) is 43.5 Å². The maximum absolute atomic E-state index is 12.6. The number of carbonyl (C=O) groups is 2. The first-order valence-corrected chi connectivity index (χ1v) is 10.6. The molecule has 4 rings (SSSR count). The lowest BCUT2D eigenvalue weighted by atomic mass is 10.1. The predicted octanol–water partition coefficient (Wildman–Crippen LogP) is 2.62. The minimum absolute atomic E-state index is 0.117. The second-order valence-electron chi connectivity index (χ2n) is 7.87. The van der Waals surface area contributed by atoms with Crippen LogP contribution < -0.4 is 21.7 Å². The van der Waals surface area contributed by atoms with Gasteiger partial charge in [-0.15, -0.1) is 0 Å². The number of carbonyl (C=O) groups excluding carboxylic acids is 2. The van der Waals surface area contributed by atoms with E-state index >= 15 is 0 Å². The zero-order valence-corrected chi connectivity index (χ0v) is 17.8. The number of amides is 2. The average Bonchev–Trinajstić information content (AvgIpc) is 3.41. The standard InChI is InChI=1S/C22H23N5O6/c23-21(29)14-5-7-17(25-9-1-2-10-25)16(12-14)24-20(28)4-3-11-26-18-8-6-15(27(31)32)13-19(18)33-22(26)30/h5-8,12-13H,1-4,9-11H2,(H2,23,29)(H,24,28). The number of fused-ring (bicyclic) bond motifs is 1. The highest BCUT2D eigenvalue weighted by molar-refractivity contribution is 5.99. The number of aromatic nitrogens is 1. The van der Waals surface area contributed by atoms with Gasteiger partial charge in [-0.3, -0.25) is 24.3 Å². The van der Waals surface area contributed by atoms with Gasteiger partial charge >= 0.3 is 5.76 Å². The zero-order chi connectivity index (χ0) is 23.5. The largest absolute Gasteiger partial charge is 0.419 e. The van der Waals surface area contributed by atoms with Crippen LogP contribution in [0.1, 0.15) is 36.0 Å². The van der Waals surface area contributed by atoms with Crippen LogP contribution in [0.2, 0.25) is 0 Å². The highest BCUT2D eigenvalue weighted by Crippen LogP contribution is 2.30. The number of rotatable bonds is 8. The summed E-state index contributed by atoms with van der Waals surface area (Å²) in [6.07, 6.45) is 2.57. The monoisotopic (exact) mass is 453 g/mol. The number of anilines is 2. The number of nitrogens with one attached hydrogen (secondary N) is 1. The molecular weight excluding hydrogens is 430 g/mol. The fourth-order valence-corrected chi connectivity index (χ4v) is 4.01. The molecule has 1 fully saturated rings. The number of nitro groups is 1. The molecule has 2 aromatic carbocycles. The molecule has 2 amide bonds. The first-order chi connectivity index (χ1) is 15.8. The van der Waals surface area contributed by atoms with Crippen molar-refractivity contribution in [3.8, 4) is 0 Å². The number of nitro benzene ring substituents is 1. The van der Waals surface area contributed by atoms with Gasteiger partial charge in [-0.25, -0.2) is 4.79 Å². The molecular formula is C22H23N5O6. The number of primary amides is 1. The van der Waals surface area contributed by atoms with Crippen molar-refractivity contribution in [1.82, 2.24) is 4.57 Å². The Labute approximate surface area is 187 Å². The molecule has 0 bridgehead atoms. The number of hydrogen-bond acceptors (Lipinski definition) is 7. The molecule has 3 aromatic rings. The highest BCUT2D eigenvalue weighted by atomic mass is 16.6. The van der Waals surface area contributed by atoms with Crippen LogP contribution in [0.3, 0.4) is 0 Å². The van der Waals surface area contributed by atoms with Crippen LogP contribution in [0.15, 0.2) is 45.6 Å². The van der Waals surface area contributed by atoms with E-state index < -0.39 is 16.6 Å².